The Balaban J connectivity index is 2.54. The highest BCUT2D eigenvalue weighted by Crippen LogP contribution is 2.40. The largest absolute Gasteiger partial charge is 0.418 e. The fraction of sp³-hybridized carbons (Fsp3) is 0.583. The van der Waals surface area contributed by atoms with Gasteiger partial charge in [0.25, 0.3) is 0 Å². The molecule has 1 atom stereocenters. The molecule has 19 heavy (non-hydrogen) atoms. The molecule has 1 aromatic rings. The summed E-state index contributed by atoms with van der Waals surface area (Å²) in [6, 6.07) is 0.902. The Morgan fingerprint density at radius 1 is 1.47 bits per heavy atom. The van der Waals surface area contributed by atoms with Gasteiger partial charge in [-0.15, -0.1) is 0 Å². The van der Waals surface area contributed by atoms with Crippen LogP contribution in [0.3, 0.4) is 0 Å². The van der Waals surface area contributed by atoms with Gasteiger partial charge in [0.1, 0.15) is 5.60 Å². The molecule has 0 bridgehead atoms. The van der Waals surface area contributed by atoms with E-state index in [1.807, 2.05) is 0 Å². The third kappa shape index (κ3) is 2.85. The summed E-state index contributed by atoms with van der Waals surface area (Å²) in [4.78, 5) is 3.89. The monoisotopic (exact) mass is 294 g/mol. The van der Waals surface area contributed by atoms with Crippen LogP contribution in [-0.4, -0.2) is 25.2 Å². The summed E-state index contributed by atoms with van der Waals surface area (Å²) in [6.07, 6.45) is -2.05. The first kappa shape index (κ1) is 14.6. The van der Waals surface area contributed by atoms with Crippen molar-refractivity contribution >= 4 is 11.6 Å². The van der Waals surface area contributed by atoms with Crippen molar-refractivity contribution < 1.29 is 17.9 Å². The van der Waals surface area contributed by atoms with Crippen LogP contribution in [-0.2, 0) is 16.5 Å². The summed E-state index contributed by atoms with van der Waals surface area (Å²) in [5.74, 6) is 0. The topological polar surface area (TPSA) is 34.1 Å². The van der Waals surface area contributed by atoms with E-state index in [4.69, 9.17) is 16.3 Å². The lowest BCUT2D eigenvalue weighted by atomic mass is 9.87. The molecular weight excluding hydrogens is 281 g/mol. The van der Waals surface area contributed by atoms with E-state index < -0.39 is 17.3 Å². The number of aromatic nitrogens is 1. The van der Waals surface area contributed by atoms with Gasteiger partial charge in [-0.3, -0.25) is 4.98 Å². The third-order valence-corrected chi connectivity index (χ3v) is 3.53. The van der Waals surface area contributed by atoms with E-state index in [2.05, 4.69) is 10.3 Å². The maximum atomic E-state index is 13.1. The van der Waals surface area contributed by atoms with Crippen LogP contribution in [0.4, 0.5) is 13.2 Å². The molecule has 0 unspecified atom stereocenters. The predicted octanol–water partition coefficient (Wildman–Crippen LogP) is 2.98. The van der Waals surface area contributed by atoms with E-state index >= 15 is 0 Å². The first-order chi connectivity index (χ1) is 8.89. The van der Waals surface area contributed by atoms with Gasteiger partial charge in [-0.25, -0.2) is 0 Å². The molecule has 2 rings (SSSR count). The van der Waals surface area contributed by atoms with Gasteiger partial charge in [-0.1, -0.05) is 11.6 Å². The van der Waals surface area contributed by atoms with Gasteiger partial charge in [0, 0.05) is 19.9 Å². The molecule has 7 heteroatoms. The average Bonchev–Trinajstić information content (AvgIpc) is 2.38. The van der Waals surface area contributed by atoms with Crippen molar-refractivity contribution in [3.05, 3.63) is 28.5 Å². The van der Waals surface area contributed by atoms with Gasteiger partial charge in [0.05, 0.1) is 16.3 Å². The van der Waals surface area contributed by atoms with Crippen molar-refractivity contribution in [3.8, 4) is 0 Å². The molecule has 3 nitrogen and oxygen atoms in total. The molecule has 1 N–H and O–H groups in total. The number of halogens is 4. The van der Waals surface area contributed by atoms with Crippen molar-refractivity contribution in [3.63, 3.8) is 0 Å². The molecule has 1 aromatic heterocycles. The molecular formula is C12H14ClF3N2O. The first-order valence-corrected chi connectivity index (χ1v) is 6.26. The molecule has 1 aliphatic heterocycles. The van der Waals surface area contributed by atoms with E-state index in [1.165, 1.54) is 13.3 Å². The third-order valence-electron chi connectivity index (χ3n) is 3.33. The molecule has 1 saturated heterocycles. The zero-order chi connectivity index (χ0) is 14.1. The lowest BCUT2D eigenvalue weighted by molar-refractivity contribution is -0.142. The van der Waals surface area contributed by atoms with E-state index in [1.54, 1.807) is 0 Å². The number of pyridine rings is 1. The maximum Gasteiger partial charge on any atom is 0.418 e. The van der Waals surface area contributed by atoms with Crippen LogP contribution < -0.4 is 5.32 Å². The normalized spacial score (nSPS) is 24.5. The highest BCUT2D eigenvalue weighted by atomic mass is 35.5. The first-order valence-electron chi connectivity index (χ1n) is 5.88. The van der Waals surface area contributed by atoms with Crippen molar-refractivity contribution in [2.45, 2.75) is 24.6 Å². The van der Waals surface area contributed by atoms with Gasteiger partial charge in [0.2, 0.25) is 0 Å². The van der Waals surface area contributed by atoms with Gasteiger partial charge in [0.15, 0.2) is 0 Å². The summed E-state index contributed by atoms with van der Waals surface area (Å²) in [5.41, 5.74) is -1.97. The van der Waals surface area contributed by atoms with Crippen molar-refractivity contribution in [1.82, 2.24) is 10.3 Å². The number of rotatable bonds is 2. The number of nitrogens with one attached hydrogen (secondary N) is 1. The molecule has 0 saturated carbocycles. The molecule has 1 aliphatic rings. The molecule has 0 aliphatic carbocycles. The van der Waals surface area contributed by atoms with Gasteiger partial charge >= 0.3 is 6.18 Å². The molecule has 106 valence electrons. The average molecular weight is 295 g/mol. The second-order valence-corrected chi connectivity index (χ2v) is 4.96. The van der Waals surface area contributed by atoms with Crippen LogP contribution in [0.5, 0.6) is 0 Å². The zero-order valence-electron chi connectivity index (χ0n) is 10.4. The standard InChI is InChI=1S/C12H14ClF3N2O/c1-19-11(3-2-4-17-7-11)10-9(12(14,15)16)5-8(13)6-18-10/h5-6,17H,2-4,7H2,1H3/t11-/m1/s1. The Morgan fingerprint density at radius 3 is 2.74 bits per heavy atom. The number of nitrogens with zero attached hydrogens (tertiary/aromatic N) is 1. The minimum absolute atomic E-state index is 0.0360. The van der Waals surface area contributed by atoms with Crippen molar-refractivity contribution in [1.29, 1.82) is 0 Å². The Labute approximate surface area is 114 Å². The second kappa shape index (κ2) is 5.26. The number of hydrogen-bond acceptors (Lipinski definition) is 3. The van der Waals surface area contributed by atoms with E-state index in [0.717, 1.165) is 19.0 Å². The maximum absolute atomic E-state index is 13.1. The van der Waals surface area contributed by atoms with Crippen LogP contribution in [0.2, 0.25) is 5.02 Å². The van der Waals surface area contributed by atoms with Crippen LogP contribution in [0, 0.1) is 0 Å². The summed E-state index contributed by atoms with van der Waals surface area (Å²) in [5, 5.41) is 3.02. The molecule has 0 spiro atoms. The van der Waals surface area contributed by atoms with E-state index in [9.17, 15) is 13.2 Å². The van der Waals surface area contributed by atoms with Gasteiger partial charge in [-0.2, -0.15) is 13.2 Å². The zero-order valence-corrected chi connectivity index (χ0v) is 11.1. The van der Waals surface area contributed by atoms with Gasteiger partial charge < -0.3 is 10.1 Å². The minimum atomic E-state index is -4.50. The lowest BCUT2D eigenvalue weighted by Gasteiger charge is -2.37. The number of hydrogen-bond donors (Lipinski definition) is 1. The summed E-state index contributed by atoms with van der Waals surface area (Å²) >= 11 is 5.63. The van der Waals surface area contributed by atoms with E-state index in [0.29, 0.717) is 13.0 Å². The Hall–Kier alpha value is -0.850. The van der Waals surface area contributed by atoms with Crippen LogP contribution in [0.15, 0.2) is 12.3 Å². The molecule has 2 heterocycles. The fourth-order valence-electron chi connectivity index (χ4n) is 2.37. The van der Waals surface area contributed by atoms with Crippen LogP contribution >= 0.6 is 11.6 Å². The molecule has 1 fully saturated rings. The van der Waals surface area contributed by atoms with Gasteiger partial charge in [-0.05, 0) is 25.5 Å². The molecule has 0 radical (unpaired) electrons. The van der Waals surface area contributed by atoms with Crippen molar-refractivity contribution in [2.75, 3.05) is 20.2 Å². The van der Waals surface area contributed by atoms with E-state index in [-0.39, 0.29) is 10.7 Å². The highest BCUT2D eigenvalue weighted by Gasteiger charge is 2.44. The Bertz CT molecular complexity index is 459. The molecule has 0 aromatic carbocycles. The second-order valence-electron chi connectivity index (χ2n) is 4.53. The number of alkyl halides is 3. The molecule has 0 amide bonds. The number of piperidine rings is 1. The van der Waals surface area contributed by atoms with Crippen LogP contribution in [0.1, 0.15) is 24.1 Å². The quantitative estimate of drug-likeness (QED) is 0.910. The minimum Gasteiger partial charge on any atom is -0.371 e. The Kier molecular flexibility index (Phi) is 4.03. The number of methoxy groups -OCH3 is 1. The highest BCUT2D eigenvalue weighted by molar-refractivity contribution is 6.30. The fourth-order valence-corrected chi connectivity index (χ4v) is 2.53. The number of ether oxygens (including phenoxy) is 1. The summed E-state index contributed by atoms with van der Waals surface area (Å²) < 4.78 is 44.7. The lowest BCUT2D eigenvalue weighted by Crippen LogP contribution is -2.46. The SMILES string of the molecule is CO[C@]1(c2ncc(Cl)cc2C(F)(F)F)CCCNC1. The van der Waals surface area contributed by atoms with Crippen molar-refractivity contribution in [2.24, 2.45) is 0 Å². The van der Waals surface area contributed by atoms with Crippen LogP contribution in [0.25, 0.3) is 0 Å². The summed E-state index contributed by atoms with van der Waals surface area (Å²) in [7, 11) is 1.41. The summed E-state index contributed by atoms with van der Waals surface area (Å²) in [6.45, 7) is 1.07. The Morgan fingerprint density at radius 2 is 2.21 bits per heavy atom. The predicted molar refractivity (Wildman–Crippen MR) is 65.0 cm³/mol. The smallest absolute Gasteiger partial charge is 0.371 e.